The molecule has 0 unspecified atom stereocenters. The lowest BCUT2D eigenvalue weighted by Gasteiger charge is -2.31. The van der Waals surface area contributed by atoms with Crippen LogP contribution in [0.5, 0.6) is 0 Å². The van der Waals surface area contributed by atoms with Gasteiger partial charge in [0.05, 0.1) is 0 Å². The lowest BCUT2D eigenvalue weighted by atomic mass is 9.97. The van der Waals surface area contributed by atoms with Gasteiger partial charge in [0.25, 0.3) is 5.91 Å². The van der Waals surface area contributed by atoms with Crippen LogP contribution in [0.2, 0.25) is 0 Å². The van der Waals surface area contributed by atoms with Crippen molar-refractivity contribution in [3.8, 4) is 11.8 Å². The fourth-order valence-corrected chi connectivity index (χ4v) is 2.56. The number of carbonyl (C=O) groups is 1. The molecule has 2 rings (SSSR count). The molecule has 0 aromatic heterocycles. The van der Waals surface area contributed by atoms with Crippen molar-refractivity contribution in [1.29, 1.82) is 0 Å². The molecule has 1 heterocycles. The Morgan fingerprint density at radius 2 is 2.00 bits per heavy atom. The Labute approximate surface area is 125 Å². The number of aliphatic hydroxyl groups excluding tert-OH is 1. The third-order valence-electron chi connectivity index (χ3n) is 3.75. The van der Waals surface area contributed by atoms with Gasteiger partial charge < -0.3 is 14.7 Å². The number of nitrogens with zero attached hydrogens (tertiary/aromatic N) is 1. The fourth-order valence-electron chi connectivity index (χ4n) is 2.56. The summed E-state index contributed by atoms with van der Waals surface area (Å²) in [7, 11) is 1.72. The number of methoxy groups -OCH3 is 1. The number of hydrogen-bond donors (Lipinski definition) is 1. The van der Waals surface area contributed by atoms with Gasteiger partial charge in [-0.05, 0) is 43.0 Å². The zero-order valence-corrected chi connectivity index (χ0v) is 12.3. The second-order valence-electron chi connectivity index (χ2n) is 5.23. The zero-order chi connectivity index (χ0) is 15.1. The number of amides is 1. The van der Waals surface area contributed by atoms with Crippen molar-refractivity contribution in [2.24, 2.45) is 5.92 Å². The fraction of sp³-hybridized carbons (Fsp3) is 0.471. The predicted octanol–water partition coefficient (Wildman–Crippen LogP) is 1.53. The maximum absolute atomic E-state index is 12.4. The van der Waals surface area contributed by atoms with E-state index >= 15 is 0 Å². The van der Waals surface area contributed by atoms with Crippen LogP contribution in [0, 0.1) is 17.8 Å². The number of rotatable bonds is 3. The summed E-state index contributed by atoms with van der Waals surface area (Å²) in [6, 6.07) is 7.22. The smallest absolute Gasteiger partial charge is 0.253 e. The summed E-state index contributed by atoms with van der Waals surface area (Å²) in [5.41, 5.74) is 1.49. The summed E-state index contributed by atoms with van der Waals surface area (Å²) in [5.74, 6) is 6.05. The number of ether oxygens (including phenoxy) is 1. The van der Waals surface area contributed by atoms with E-state index in [1.165, 1.54) is 0 Å². The van der Waals surface area contributed by atoms with Gasteiger partial charge in [0.1, 0.15) is 6.61 Å². The summed E-state index contributed by atoms with van der Waals surface area (Å²) >= 11 is 0. The third kappa shape index (κ3) is 4.32. The molecule has 0 atom stereocenters. The minimum Gasteiger partial charge on any atom is -0.384 e. The highest BCUT2D eigenvalue weighted by atomic mass is 16.5. The van der Waals surface area contributed by atoms with E-state index in [1.807, 2.05) is 17.0 Å². The van der Waals surface area contributed by atoms with Crippen LogP contribution in [-0.2, 0) is 4.74 Å². The number of carbonyl (C=O) groups excluding carboxylic acids is 1. The van der Waals surface area contributed by atoms with Crippen LogP contribution >= 0.6 is 0 Å². The average Bonchev–Trinajstić information content (AvgIpc) is 2.54. The van der Waals surface area contributed by atoms with Gasteiger partial charge in [-0.25, -0.2) is 0 Å². The molecule has 4 heteroatoms. The van der Waals surface area contributed by atoms with Crippen LogP contribution in [-0.4, -0.2) is 49.3 Å². The molecule has 1 aliphatic heterocycles. The van der Waals surface area contributed by atoms with Gasteiger partial charge >= 0.3 is 0 Å². The van der Waals surface area contributed by atoms with Crippen molar-refractivity contribution in [3.05, 3.63) is 35.4 Å². The molecule has 21 heavy (non-hydrogen) atoms. The predicted molar refractivity (Wildman–Crippen MR) is 80.9 cm³/mol. The second kappa shape index (κ2) is 7.82. The van der Waals surface area contributed by atoms with Crippen molar-refractivity contribution >= 4 is 5.91 Å². The molecule has 1 aromatic rings. The van der Waals surface area contributed by atoms with Crippen LogP contribution in [0.25, 0.3) is 0 Å². The van der Waals surface area contributed by atoms with Crippen LogP contribution in [0.3, 0.4) is 0 Å². The van der Waals surface area contributed by atoms with E-state index in [0.29, 0.717) is 11.5 Å². The van der Waals surface area contributed by atoms with Crippen LogP contribution in [0.4, 0.5) is 0 Å². The molecular weight excluding hydrogens is 266 g/mol. The van der Waals surface area contributed by atoms with Crippen LogP contribution < -0.4 is 0 Å². The highest BCUT2D eigenvalue weighted by molar-refractivity contribution is 5.94. The first-order chi connectivity index (χ1) is 10.2. The summed E-state index contributed by atoms with van der Waals surface area (Å²) < 4.78 is 5.17. The highest BCUT2D eigenvalue weighted by Crippen LogP contribution is 2.19. The zero-order valence-electron chi connectivity index (χ0n) is 12.3. The quantitative estimate of drug-likeness (QED) is 0.858. The molecule has 4 nitrogen and oxygen atoms in total. The number of likely N-dealkylation sites (tertiary alicyclic amines) is 1. The minimum absolute atomic E-state index is 0.0764. The number of piperidine rings is 1. The van der Waals surface area contributed by atoms with E-state index in [4.69, 9.17) is 9.84 Å². The van der Waals surface area contributed by atoms with E-state index in [-0.39, 0.29) is 12.5 Å². The molecule has 1 aromatic carbocycles. The lowest BCUT2D eigenvalue weighted by Crippen LogP contribution is -2.39. The SMILES string of the molecule is COCC1CCN(C(=O)c2ccc(C#CCO)cc2)CC1. The van der Waals surface area contributed by atoms with E-state index in [9.17, 15) is 4.79 Å². The molecular formula is C17H21NO3. The first-order valence-electron chi connectivity index (χ1n) is 7.22. The van der Waals surface area contributed by atoms with E-state index < -0.39 is 0 Å². The molecule has 0 aliphatic carbocycles. The van der Waals surface area contributed by atoms with Gasteiger partial charge in [-0.15, -0.1) is 0 Å². The Kier molecular flexibility index (Phi) is 5.79. The molecule has 1 fully saturated rings. The standard InChI is InChI=1S/C17H21NO3/c1-21-13-15-8-10-18(11-9-15)17(20)16-6-4-14(5-7-16)3-2-12-19/h4-7,15,19H,8-13H2,1H3. The molecule has 112 valence electrons. The summed E-state index contributed by atoms with van der Waals surface area (Å²) in [5, 5.41) is 8.66. The monoisotopic (exact) mass is 287 g/mol. The minimum atomic E-state index is -0.156. The molecule has 1 aliphatic rings. The molecule has 0 saturated carbocycles. The second-order valence-corrected chi connectivity index (χ2v) is 5.23. The highest BCUT2D eigenvalue weighted by Gasteiger charge is 2.23. The van der Waals surface area contributed by atoms with Crippen LogP contribution in [0.1, 0.15) is 28.8 Å². The molecule has 1 N–H and O–H groups in total. The molecule has 0 radical (unpaired) electrons. The maximum Gasteiger partial charge on any atom is 0.253 e. The summed E-state index contributed by atoms with van der Waals surface area (Å²) in [4.78, 5) is 14.3. The van der Waals surface area contributed by atoms with Crippen molar-refractivity contribution in [2.45, 2.75) is 12.8 Å². The summed E-state index contributed by atoms with van der Waals surface area (Å²) in [6.07, 6.45) is 2.00. The third-order valence-corrected chi connectivity index (χ3v) is 3.75. The average molecular weight is 287 g/mol. The summed E-state index contributed by atoms with van der Waals surface area (Å²) in [6.45, 7) is 2.20. The lowest BCUT2D eigenvalue weighted by molar-refractivity contribution is 0.0613. The van der Waals surface area contributed by atoms with Crippen molar-refractivity contribution < 1.29 is 14.6 Å². The van der Waals surface area contributed by atoms with Crippen molar-refractivity contribution in [2.75, 3.05) is 33.4 Å². The van der Waals surface area contributed by atoms with Gasteiger partial charge in [0, 0.05) is 37.9 Å². The molecule has 1 amide bonds. The number of aliphatic hydroxyl groups is 1. The molecule has 1 saturated heterocycles. The van der Waals surface area contributed by atoms with E-state index in [2.05, 4.69) is 11.8 Å². The Balaban J connectivity index is 1.94. The first-order valence-corrected chi connectivity index (χ1v) is 7.22. The van der Waals surface area contributed by atoms with Crippen LogP contribution in [0.15, 0.2) is 24.3 Å². The molecule has 0 spiro atoms. The van der Waals surface area contributed by atoms with E-state index in [1.54, 1.807) is 19.2 Å². The Bertz CT molecular complexity index is 519. The maximum atomic E-state index is 12.4. The van der Waals surface area contributed by atoms with Gasteiger partial charge in [-0.2, -0.15) is 0 Å². The van der Waals surface area contributed by atoms with Crippen molar-refractivity contribution in [1.82, 2.24) is 4.90 Å². The van der Waals surface area contributed by atoms with E-state index in [0.717, 1.165) is 38.1 Å². The normalized spacial score (nSPS) is 15.4. The Hall–Kier alpha value is -1.83. The number of hydrogen-bond acceptors (Lipinski definition) is 3. The van der Waals surface area contributed by atoms with Gasteiger partial charge in [0.2, 0.25) is 0 Å². The first kappa shape index (κ1) is 15.6. The largest absolute Gasteiger partial charge is 0.384 e. The van der Waals surface area contributed by atoms with Crippen molar-refractivity contribution in [3.63, 3.8) is 0 Å². The number of benzene rings is 1. The van der Waals surface area contributed by atoms with Gasteiger partial charge in [-0.3, -0.25) is 4.79 Å². The molecule has 0 bridgehead atoms. The topological polar surface area (TPSA) is 49.8 Å². The van der Waals surface area contributed by atoms with Gasteiger partial charge in [-0.1, -0.05) is 11.8 Å². The Morgan fingerprint density at radius 3 is 2.57 bits per heavy atom. The Morgan fingerprint density at radius 1 is 1.33 bits per heavy atom. The van der Waals surface area contributed by atoms with Gasteiger partial charge in [0.15, 0.2) is 0 Å².